The van der Waals surface area contributed by atoms with Crippen molar-refractivity contribution in [3.8, 4) is 5.69 Å². The maximum Gasteiger partial charge on any atom is 0.265 e. The summed E-state index contributed by atoms with van der Waals surface area (Å²) in [5.41, 5.74) is 2.98. The van der Waals surface area contributed by atoms with Crippen LogP contribution in [-0.2, 0) is 0 Å². The first-order chi connectivity index (χ1) is 14.6. The van der Waals surface area contributed by atoms with Crippen molar-refractivity contribution in [2.24, 2.45) is 0 Å². The first kappa shape index (κ1) is 18.6. The van der Waals surface area contributed by atoms with Gasteiger partial charge in [0, 0.05) is 22.7 Å². The second-order valence-corrected chi connectivity index (χ2v) is 8.48. The van der Waals surface area contributed by atoms with Crippen molar-refractivity contribution in [2.45, 2.75) is 25.8 Å². The van der Waals surface area contributed by atoms with Gasteiger partial charge in [-0.3, -0.25) is 9.59 Å². The summed E-state index contributed by atoms with van der Waals surface area (Å²) in [4.78, 5) is 26.7. The Hall–Kier alpha value is -3.45. The molecule has 0 atom stereocenters. The molecule has 2 N–H and O–H groups in total. The summed E-state index contributed by atoms with van der Waals surface area (Å²) >= 11 is 1.40. The Morgan fingerprint density at radius 2 is 1.83 bits per heavy atom. The van der Waals surface area contributed by atoms with Gasteiger partial charge in [-0.2, -0.15) is 5.10 Å². The van der Waals surface area contributed by atoms with E-state index < -0.39 is 0 Å². The number of fused-ring (bicyclic) bond motifs is 1. The smallest absolute Gasteiger partial charge is 0.265 e. The highest BCUT2D eigenvalue weighted by atomic mass is 32.1. The van der Waals surface area contributed by atoms with Gasteiger partial charge in [-0.05, 0) is 56.2 Å². The van der Waals surface area contributed by atoms with Gasteiger partial charge < -0.3 is 10.6 Å². The molecule has 0 bridgehead atoms. The minimum atomic E-state index is -0.199. The molecule has 0 spiro atoms. The largest absolute Gasteiger partial charge is 0.349 e. The van der Waals surface area contributed by atoms with Crippen LogP contribution in [0.5, 0.6) is 0 Å². The van der Waals surface area contributed by atoms with Crippen molar-refractivity contribution in [2.75, 3.05) is 5.32 Å². The van der Waals surface area contributed by atoms with Crippen LogP contribution in [0.25, 0.3) is 15.9 Å². The van der Waals surface area contributed by atoms with E-state index in [1.54, 1.807) is 24.3 Å². The summed E-state index contributed by atoms with van der Waals surface area (Å²) in [6, 6.07) is 19.1. The lowest BCUT2D eigenvalue weighted by Crippen LogP contribution is -2.25. The number of carbonyl (C=O) groups is 2. The zero-order chi connectivity index (χ0) is 20.7. The second-order valence-electron chi connectivity index (χ2n) is 7.44. The average molecular weight is 417 g/mol. The monoisotopic (exact) mass is 416 g/mol. The Kier molecular flexibility index (Phi) is 4.59. The first-order valence-electron chi connectivity index (χ1n) is 9.85. The predicted octanol–water partition coefficient (Wildman–Crippen LogP) is 4.54. The van der Waals surface area contributed by atoms with Gasteiger partial charge in [0.1, 0.15) is 4.83 Å². The number of carbonyl (C=O) groups excluding carboxylic acids is 2. The third-order valence-electron chi connectivity index (χ3n) is 5.06. The highest BCUT2D eigenvalue weighted by Crippen LogP contribution is 2.31. The molecule has 0 radical (unpaired) electrons. The molecular formula is C23H20N4O2S. The van der Waals surface area contributed by atoms with Crippen LogP contribution in [0.1, 0.15) is 38.6 Å². The van der Waals surface area contributed by atoms with Gasteiger partial charge in [-0.25, -0.2) is 4.68 Å². The minimum absolute atomic E-state index is 0.103. The van der Waals surface area contributed by atoms with Crippen LogP contribution in [0, 0.1) is 6.92 Å². The van der Waals surface area contributed by atoms with Gasteiger partial charge in [0.05, 0.1) is 16.3 Å². The van der Waals surface area contributed by atoms with Crippen LogP contribution in [0.3, 0.4) is 0 Å². The minimum Gasteiger partial charge on any atom is -0.349 e. The molecule has 1 aliphatic carbocycles. The molecule has 2 heterocycles. The first-order valence-corrected chi connectivity index (χ1v) is 10.7. The maximum atomic E-state index is 12.9. The molecular weight excluding hydrogens is 396 g/mol. The normalized spacial score (nSPS) is 13.4. The van der Waals surface area contributed by atoms with Gasteiger partial charge in [0.25, 0.3) is 11.8 Å². The molecule has 2 amide bonds. The average Bonchev–Trinajstić information content (AvgIpc) is 3.36. The fraction of sp³-hybridized carbons (Fsp3) is 0.174. The number of rotatable bonds is 5. The number of nitrogens with one attached hydrogen (secondary N) is 2. The number of aromatic nitrogens is 2. The summed E-state index contributed by atoms with van der Waals surface area (Å²) in [6.07, 6.45) is 2.07. The van der Waals surface area contributed by atoms with Crippen molar-refractivity contribution < 1.29 is 9.59 Å². The highest BCUT2D eigenvalue weighted by molar-refractivity contribution is 7.20. The number of anilines is 1. The summed E-state index contributed by atoms with van der Waals surface area (Å²) in [6.45, 7) is 1.94. The Morgan fingerprint density at radius 1 is 1.03 bits per heavy atom. The summed E-state index contributed by atoms with van der Waals surface area (Å²) in [7, 11) is 0. The highest BCUT2D eigenvalue weighted by Gasteiger charge is 2.24. The summed E-state index contributed by atoms with van der Waals surface area (Å²) in [5, 5.41) is 11.5. The Bertz CT molecular complexity index is 1250. The zero-order valence-electron chi connectivity index (χ0n) is 16.4. The number of hydrogen-bond acceptors (Lipinski definition) is 4. The number of thiophene rings is 1. The standard InChI is InChI=1S/C23H20N4O2S/c1-14-19-13-20(30-23(19)27(26-14)18-8-3-2-4-9-18)22(29)25-17-7-5-6-15(12-17)21(28)24-16-10-11-16/h2-9,12-13,16H,10-11H2,1H3,(H,24,28)(H,25,29). The topological polar surface area (TPSA) is 76.0 Å². The molecule has 30 heavy (non-hydrogen) atoms. The molecule has 1 fully saturated rings. The fourth-order valence-corrected chi connectivity index (χ4v) is 4.41. The molecule has 2 aromatic carbocycles. The zero-order valence-corrected chi connectivity index (χ0v) is 17.2. The quantitative estimate of drug-likeness (QED) is 0.501. The molecule has 1 aliphatic rings. The summed E-state index contributed by atoms with van der Waals surface area (Å²) in [5.74, 6) is -0.302. The van der Waals surface area contributed by atoms with Gasteiger partial charge in [0.15, 0.2) is 0 Å². The Morgan fingerprint density at radius 3 is 2.60 bits per heavy atom. The Labute approximate surface area is 177 Å². The van der Waals surface area contributed by atoms with Crippen LogP contribution in [0.4, 0.5) is 5.69 Å². The fourth-order valence-electron chi connectivity index (χ4n) is 3.33. The SMILES string of the molecule is Cc1nn(-c2ccccc2)c2sc(C(=O)Nc3cccc(C(=O)NC4CC4)c3)cc12. The van der Waals surface area contributed by atoms with Crippen LogP contribution in [-0.4, -0.2) is 27.6 Å². The molecule has 0 unspecified atom stereocenters. The maximum absolute atomic E-state index is 12.9. The third kappa shape index (κ3) is 3.59. The van der Waals surface area contributed by atoms with E-state index in [1.165, 1.54) is 11.3 Å². The van der Waals surface area contributed by atoms with Gasteiger partial charge in [-0.15, -0.1) is 11.3 Å². The van der Waals surface area contributed by atoms with E-state index in [4.69, 9.17) is 0 Å². The number of hydrogen-bond donors (Lipinski definition) is 2. The van der Waals surface area contributed by atoms with E-state index in [2.05, 4.69) is 15.7 Å². The van der Waals surface area contributed by atoms with Gasteiger partial charge >= 0.3 is 0 Å². The summed E-state index contributed by atoms with van der Waals surface area (Å²) < 4.78 is 1.87. The molecule has 7 heteroatoms. The Balaban J connectivity index is 1.40. The number of para-hydroxylation sites is 1. The molecule has 5 rings (SSSR count). The molecule has 2 aromatic heterocycles. The van der Waals surface area contributed by atoms with Crippen LogP contribution < -0.4 is 10.6 Å². The van der Waals surface area contributed by atoms with Crippen LogP contribution >= 0.6 is 11.3 Å². The predicted molar refractivity (Wildman–Crippen MR) is 119 cm³/mol. The third-order valence-corrected chi connectivity index (χ3v) is 6.17. The number of nitrogens with zero attached hydrogens (tertiary/aromatic N) is 2. The van der Waals surface area contributed by atoms with Gasteiger partial charge in [-0.1, -0.05) is 24.3 Å². The van der Waals surface area contributed by atoms with Crippen molar-refractivity contribution in [3.63, 3.8) is 0 Å². The lowest BCUT2D eigenvalue weighted by atomic mass is 10.2. The van der Waals surface area contributed by atoms with E-state index in [0.29, 0.717) is 22.2 Å². The second kappa shape index (κ2) is 7.42. The van der Waals surface area contributed by atoms with E-state index in [-0.39, 0.29) is 11.8 Å². The molecule has 0 aliphatic heterocycles. The van der Waals surface area contributed by atoms with Crippen LogP contribution in [0.15, 0.2) is 60.7 Å². The number of benzene rings is 2. The van der Waals surface area contributed by atoms with Crippen molar-refractivity contribution in [1.82, 2.24) is 15.1 Å². The van der Waals surface area contributed by atoms with E-state index >= 15 is 0 Å². The van der Waals surface area contributed by atoms with E-state index in [1.807, 2.05) is 48.0 Å². The molecule has 6 nitrogen and oxygen atoms in total. The number of aryl methyl sites for hydroxylation is 1. The molecule has 4 aromatic rings. The van der Waals surface area contributed by atoms with Crippen molar-refractivity contribution >= 4 is 39.1 Å². The van der Waals surface area contributed by atoms with Crippen LogP contribution in [0.2, 0.25) is 0 Å². The lowest BCUT2D eigenvalue weighted by molar-refractivity contribution is 0.0949. The van der Waals surface area contributed by atoms with Crippen molar-refractivity contribution in [3.05, 3.63) is 76.8 Å². The molecule has 150 valence electrons. The molecule has 0 saturated heterocycles. The lowest BCUT2D eigenvalue weighted by Gasteiger charge is -2.07. The number of amides is 2. The van der Waals surface area contributed by atoms with E-state index in [0.717, 1.165) is 34.4 Å². The van der Waals surface area contributed by atoms with Gasteiger partial charge in [0.2, 0.25) is 0 Å². The van der Waals surface area contributed by atoms with Crippen molar-refractivity contribution in [1.29, 1.82) is 0 Å². The van der Waals surface area contributed by atoms with E-state index in [9.17, 15) is 9.59 Å². The molecule has 1 saturated carbocycles.